The van der Waals surface area contributed by atoms with Crippen molar-refractivity contribution in [1.29, 1.82) is 0 Å². The molecule has 0 aliphatic rings. The van der Waals surface area contributed by atoms with E-state index in [0.717, 1.165) is 12.1 Å². The molecule has 2 nitrogen and oxygen atoms in total. The largest absolute Gasteiger partial charge is 0.362 e. The zero-order chi connectivity index (χ0) is 15.4. The summed E-state index contributed by atoms with van der Waals surface area (Å²) in [6.07, 6.45) is 0. The minimum atomic E-state index is -1.07. The van der Waals surface area contributed by atoms with Gasteiger partial charge in [-0.3, -0.25) is 4.79 Å². The molecule has 0 spiro atoms. The summed E-state index contributed by atoms with van der Waals surface area (Å²) < 4.78 is 39.7. The molecule has 0 heterocycles. The van der Waals surface area contributed by atoms with Gasteiger partial charge in [0.1, 0.15) is 5.82 Å². The number of ketones is 1. The minimum Gasteiger partial charge on any atom is -0.362 e. The molecule has 0 bridgehead atoms. The number of halogens is 3. The Balaban J connectivity index is 2.20. The van der Waals surface area contributed by atoms with Crippen molar-refractivity contribution in [3.8, 4) is 0 Å². The molecule has 2 rings (SSSR count). The second-order valence-electron chi connectivity index (χ2n) is 4.52. The molecule has 0 saturated heterocycles. The first kappa shape index (κ1) is 15.1. The van der Waals surface area contributed by atoms with E-state index in [1.54, 1.807) is 30.0 Å². The molecule has 110 valence electrons. The Labute approximate surface area is 120 Å². The zero-order valence-electron chi connectivity index (χ0n) is 11.4. The van der Waals surface area contributed by atoms with Crippen LogP contribution < -0.4 is 4.90 Å². The molecular formula is C16H14F3NO. The minimum absolute atomic E-state index is 0.0590. The summed E-state index contributed by atoms with van der Waals surface area (Å²) in [5, 5.41) is 0. The van der Waals surface area contributed by atoms with Crippen LogP contribution in [0.1, 0.15) is 17.3 Å². The Kier molecular flexibility index (Phi) is 4.62. The molecule has 0 aromatic heterocycles. The molecule has 0 fully saturated rings. The summed E-state index contributed by atoms with van der Waals surface area (Å²) in [4.78, 5) is 13.6. The van der Waals surface area contributed by atoms with Crippen LogP contribution in [-0.2, 0) is 0 Å². The van der Waals surface area contributed by atoms with Gasteiger partial charge in [-0.2, -0.15) is 0 Å². The van der Waals surface area contributed by atoms with Crippen LogP contribution in [-0.4, -0.2) is 18.9 Å². The quantitative estimate of drug-likeness (QED) is 0.781. The highest BCUT2D eigenvalue weighted by Crippen LogP contribution is 2.19. The maximum atomic E-state index is 13.7. The molecule has 0 unspecified atom stereocenters. The van der Waals surface area contributed by atoms with Crippen LogP contribution in [0.5, 0.6) is 0 Å². The average Bonchev–Trinajstić information content (AvgIpc) is 2.48. The van der Waals surface area contributed by atoms with Gasteiger partial charge in [-0.15, -0.1) is 0 Å². The topological polar surface area (TPSA) is 20.3 Å². The van der Waals surface area contributed by atoms with Gasteiger partial charge in [0.05, 0.1) is 12.2 Å². The van der Waals surface area contributed by atoms with Gasteiger partial charge < -0.3 is 4.90 Å². The van der Waals surface area contributed by atoms with Gasteiger partial charge in [0.15, 0.2) is 17.4 Å². The maximum Gasteiger partial charge on any atom is 0.182 e. The van der Waals surface area contributed by atoms with Gasteiger partial charge >= 0.3 is 0 Å². The molecule has 0 saturated carbocycles. The number of anilines is 1. The van der Waals surface area contributed by atoms with Gasteiger partial charge in [0.2, 0.25) is 0 Å². The van der Waals surface area contributed by atoms with Crippen molar-refractivity contribution in [1.82, 2.24) is 0 Å². The van der Waals surface area contributed by atoms with E-state index in [9.17, 15) is 18.0 Å². The Morgan fingerprint density at radius 3 is 2.33 bits per heavy atom. The fourth-order valence-electron chi connectivity index (χ4n) is 2.01. The number of Topliss-reactive ketones (excluding diaryl/α,β-unsaturated/α-hetero) is 1. The molecule has 5 heteroatoms. The molecular weight excluding hydrogens is 279 g/mol. The summed E-state index contributed by atoms with van der Waals surface area (Å²) in [7, 11) is 0. The van der Waals surface area contributed by atoms with Crippen LogP contribution in [0.2, 0.25) is 0 Å². The highest BCUT2D eigenvalue weighted by Gasteiger charge is 2.16. The Hall–Kier alpha value is -2.30. The standard InChI is InChI=1S/C16H14F3NO/c1-2-20(15-6-4-3-5-13(15)18)10-16(21)11-7-8-12(17)14(19)9-11/h3-9H,2,10H2,1H3. The highest BCUT2D eigenvalue weighted by molar-refractivity contribution is 5.99. The van der Waals surface area contributed by atoms with Gasteiger partial charge in [0, 0.05) is 12.1 Å². The summed E-state index contributed by atoms with van der Waals surface area (Å²) in [5.41, 5.74) is 0.361. The fourth-order valence-corrected chi connectivity index (χ4v) is 2.01. The van der Waals surface area contributed by atoms with Crippen LogP contribution in [0.15, 0.2) is 42.5 Å². The number of carbonyl (C=O) groups is 1. The van der Waals surface area contributed by atoms with E-state index in [1.165, 1.54) is 12.1 Å². The zero-order valence-corrected chi connectivity index (χ0v) is 11.4. The number of nitrogens with zero attached hydrogens (tertiary/aromatic N) is 1. The lowest BCUT2D eigenvalue weighted by Crippen LogP contribution is -2.30. The SMILES string of the molecule is CCN(CC(=O)c1ccc(F)c(F)c1)c1ccccc1F. The van der Waals surface area contributed by atoms with Gasteiger partial charge in [0.25, 0.3) is 0 Å². The number of para-hydroxylation sites is 1. The number of rotatable bonds is 5. The van der Waals surface area contributed by atoms with Crippen molar-refractivity contribution in [2.75, 3.05) is 18.0 Å². The average molecular weight is 293 g/mol. The van der Waals surface area contributed by atoms with Crippen LogP contribution in [0.3, 0.4) is 0 Å². The summed E-state index contributed by atoms with van der Waals surface area (Å²) in [6, 6.07) is 9.08. The molecule has 2 aromatic carbocycles. The van der Waals surface area contributed by atoms with Crippen molar-refractivity contribution < 1.29 is 18.0 Å². The third kappa shape index (κ3) is 3.42. The Bertz CT molecular complexity index is 658. The van der Waals surface area contributed by atoms with Crippen LogP contribution in [0, 0.1) is 17.5 Å². The van der Waals surface area contributed by atoms with E-state index in [2.05, 4.69) is 0 Å². The first-order valence-corrected chi connectivity index (χ1v) is 6.50. The maximum absolute atomic E-state index is 13.7. The third-order valence-corrected chi connectivity index (χ3v) is 3.15. The molecule has 0 aliphatic carbocycles. The summed E-state index contributed by atoms with van der Waals surface area (Å²) in [6.45, 7) is 2.09. The number of hydrogen-bond acceptors (Lipinski definition) is 2. The highest BCUT2D eigenvalue weighted by atomic mass is 19.2. The lowest BCUT2D eigenvalue weighted by atomic mass is 10.1. The first-order valence-electron chi connectivity index (χ1n) is 6.50. The molecule has 0 aliphatic heterocycles. The van der Waals surface area contributed by atoms with E-state index in [0.29, 0.717) is 12.2 Å². The number of benzene rings is 2. The van der Waals surface area contributed by atoms with Crippen molar-refractivity contribution in [3.05, 3.63) is 65.5 Å². The summed E-state index contributed by atoms with van der Waals surface area (Å²) in [5.74, 6) is -2.92. The lowest BCUT2D eigenvalue weighted by Gasteiger charge is -2.22. The van der Waals surface area contributed by atoms with E-state index >= 15 is 0 Å². The predicted molar refractivity (Wildman–Crippen MR) is 75.0 cm³/mol. The number of hydrogen-bond donors (Lipinski definition) is 0. The number of carbonyl (C=O) groups excluding carboxylic acids is 1. The smallest absolute Gasteiger partial charge is 0.182 e. The van der Waals surface area contributed by atoms with E-state index in [-0.39, 0.29) is 12.1 Å². The predicted octanol–water partition coefficient (Wildman–Crippen LogP) is 3.81. The monoisotopic (exact) mass is 293 g/mol. The van der Waals surface area contributed by atoms with Crippen LogP contribution in [0.25, 0.3) is 0 Å². The number of likely N-dealkylation sites (N-methyl/N-ethyl adjacent to an activating group) is 1. The second kappa shape index (κ2) is 6.43. The Morgan fingerprint density at radius 2 is 1.71 bits per heavy atom. The molecule has 0 atom stereocenters. The normalized spacial score (nSPS) is 10.5. The summed E-state index contributed by atoms with van der Waals surface area (Å²) >= 11 is 0. The molecule has 0 N–H and O–H groups in total. The first-order chi connectivity index (χ1) is 10.0. The Morgan fingerprint density at radius 1 is 1.00 bits per heavy atom. The van der Waals surface area contributed by atoms with Crippen molar-refractivity contribution in [3.63, 3.8) is 0 Å². The van der Waals surface area contributed by atoms with Gasteiger partial charge in [-0.25, -0.2) is 13.2 Å². The van der Waals surface area contributed by atoms with Crippen LogP contribution >= 0.6 is 0 Å². The molecule has 0 radical (unpaired) electrons. The van der Waals surface area contributed by atoms with E-state index < -0.39 is 23.2 Å². The van der Waals surface area contributed by atoms with Crippen LogP contribution in [0.4, 0.5) is 18.9 Å². The molecule has 2 aromatic rings. The van der Waals surface area contributed by atoms with Crippen molar-refractivity contribution in [2.24, 2.45) is 0 Å². The lowest BCUT2D eigenvalue weighted by molar-refractivity contribution is 0.0998. The second-order valence-corrected chi connectivity index (χ2v) is 4.52. The van der Waals surface area contributed by atoms with E-state index in [4.69, 9.17) is 0 Å². The third-order valence-electron chi connectivity index (χ3n) is 3.15. The van der Waals surface area contributed by atoms with Crippen molar-refractivity contribution in [2.45, 2.75) is 6.92 Å². The van der Waals surface area contributed by atoms with Gasteiger partial charge in [-0.05, 0) is 37.3 Å². The van der Waals surface area contributed by atoms with Gasteiger partial charge in [-0.1, -0.05) is 12.1 Å². The van der Waals surface area contributed by atoms with E-state index in [1.807, 2.05) is 0 Å². The molecule has 0 amide bonds. The van der Waals surface area contributed by atoms with Crippen molar-refractivity contribution >= 4 is 11.5 Å². The molecule has 21 heavy (non-hydrogen) atoms. The fraction of sp³-hybridized carbons (Fsp3) is 0.188.